The maximum Gasteiger partial charge on any atom is 0.455 e. The van der Waals surface area contributed by atoms with Gasteiger partial charge in [-0.1, -0.05) is 0 Å². The Bertz CT molecular complexity index is 1500. The number of rotatable bonds is 3. The fourth-order valence-corrected chi connectivity index (χ4v) is 3.43. The summed E-state index contributed by atoms with van der Waals surface area (Å²) in [6, 6.07) is -2.08. The van der Waals surface area contributed by atoms with Crippen molar-refractivity contribution in [2.75, 3.05) is 0 Å². The predicted octanol–water partition coefficient (Wildman–Crippen LogP) is 7.79. The van der Waals surface area contributed by atoms with Crippen molar-refractivity contribution in [3.05, 3.63) is 74.3 Å². The zero-order chi connectivity index (χ0) is 31.7. The van der Waals surface area contributed by atoms with Crippen molar-refractivity contribution >= 4 is 5.78 Å². The molecule has 2 aromatic carbocycles. The van der Waals surface area contributed by atoms with Gasteiger partial charge in [0.05, 0.1) is 33.6 Å². The van der Waals surface area contributed by atoms with Gasteiger partial charge in [0.15, 0.2) is 0 Å². The van der Waals surface area contributed by atoms with Gasteiger partial charge in [0.1, 0.15) is 11.4 Å². The molecule has 20 heteroatoms. The van der Waals surface area contributed by atoms with Gasteiger partial charge in [-0.25, -0.2) is 9.07 Å². The Morgan fingerprint density at radius 3 is 1.39 bits per heavy atom. The molecule has 0 radical (unpaired) electrons. The summed E-state index contributed by atoms with van der Waals surface area (Å²) >= 11 is 0. The van der Waals surface area contributed by atoms with E-state index >= 15 is 0 Å². The molecule has 0 spiro atoms. The molecular formula is C21H6F16N2O2. The number of nitrogens with zero attached hydrogens (tertiary/aromatic N) is 1. The number of carbonyl (C=O) groups excluding carboxylic acids is 1. The van der Waals surface area contributed by atoms with Gasteiger partial charge in [-0.2, -0.15) is 65.9 Å². The summed E-state index contributed by atoms with van der Waals surface area (Å²) in [5.74, 6) is -6.23. The summed E-state index contributed by atoms with van der Waals surface area (Å²) in [4.78, 5) is 24.7. The molecule has 0 aliphatic heterocycles. The Kier molecular flexibility index (Phi) is 7.33. The maximum absolute atomic E-state index is 14.1. The van der Waals surface area contributed by atoms with E-state index in [9.17, 15) is 79.8 Å². The number of alkyl halides is 15. The monoisotopic (exact) mass is 622 g/mol. The van der Waals surface area contributed by atoms with Gasteiger partial charge in [-0.3, -0.25) is 14.7 Å². The van der Waals surface area contributed by atoms with E-state index in [0.29, 0.717) is 0 Å². The topological polar surface area (TPSA) is 54.9 Å². The molecule has 0 bridgehead atoms. The van der Waals surface area contributed by atoms with Crippen molar-refractivity contribution in [2.45, 2.75) is 30.9 Å². The van der Waals surface area contributed by atoms with Crippen molar-refractivity contribution in [3.63, 3.8) is 0 Å². The molecule has 0 saturated heterocycles. The summed E-state index contributed by atoms with van der Waals surface area (Å²) in [5, 5.41) is 1.36. The number of benzene rings is 2. The molecule has 1 heterocycles. The Balaban J connectivity index is 2.52. The third kappa shape index (κ3) is 6.19. The standard InChI is InChI=1S/C21H6F16N2O2/c22-13-10(19(29,30)31)1-6(2-11(13)20(32,33)34)14-12(15(40)21(35,36)37)16(41)39(38-14)9-4-7(17(23,24)25)3-8(5-9)18(26,27)28/h1-5,38H. The molecule has 41 heavy (non-hydrogen) atoms. The molecule has 0 amide bonds. The minimum Gasteiger partial charge on any atom is -0.290 e. The molecule has 4 nitrogen and oxygen atoms in total. The van der Waals surface area contributed by atoms with Crippen LogP contribution in [0.3, 0.4) is 0 Å². The molecule has 0 aliphatic carbocycles. The second-order valence-electron chi connectivity index (χ2n) is 7.97. The highest BCUT2D eigenvalue weighted by molar-refractivity contribution is 6.04. The summed E-state index contributed by atoms with van der Waals surface area (Å²) in [6.45, 7) is 0. The molecule has 3 rings (SSSR count). The minimum atomic E-state index is -6.10. The SMILES string of the molecule is O=C(c1c(-c2cc(C(F)(F)F)c(F)c(C(F)(F)F)c2)[nH]n(-c2cc(C(F)(F)F)cc(C(F)(F)F)c2)c1=O)C(F)(F)F. The Morgan fingerprint density at radius 2 is 1.05 bits per heavy atom. The largest absolute Gasteiger partial charge is 0.455 e. The van der Waals surface area contributed by atoms with E-state index in [1.807, 2.05) is 0 Å². The molecule has 0 saturated carbocycles. The molecule has 0 unspecified atom stereocenters. The smallest absolute Gasteiger partial charge is 0.290 e. The number of ketones is 1. The van der Waals surface area contributed by atoms with Gasteiger partial charge in [0.2, 0.25) is 0 Å². The third-order valence-electron chi connectivity index (χ3n) is 5.18. The number of aromatic nitrogens is 2. The van der Waals surface area contributed by atoms with E-state index in [1.165, 1.54) is 5.10 Å². The first kappa shape index (κ1) is 31.5. The Labute approximate surface area is 213 Å². The normalized spacial score (nSPS) is 13.6. The molecule has 1 N–H and O–H groups in total. The average molecular weight is 622 g/mol. The highest BCUT2D eigenvalue weighted by Gasteiger charge is 2.46. The van der Waals surface area contributed by atoms with Crippen molar-refractivity contribution in [2.24, 2.45) is 0 Å². The summed E-state index contributed by atoms with van der Waals surface area (Å²) in [7, 11) is 0. The van der Waals surface area contributed by atoms with Crippen molar-refractivity contribution < 1.29 is 75.0 Å². The highest BCUT2D eigenvalue weighted by atomic mass is 19.4. The summed E-state index contributed by atoms with van der Waals surface area (Å²) < 4.78 is 212. The predicted molar refractivity (Wildman–Crippen MR) is 102 cm³/mol. The van der Waals surface area contributed by atoms with Crippen LogP contribution in [-0.4, -0.2) is 21.7 Å². The number of halogens is 16. The maximum atomic E-state index is 14.1. The number of hydrogen-bond acceptors (Lipinski definition) is 2. The third-order valence-corrected chi connectivity index (χ3v) is 5.18. The van der Waals surface area contributed by atoms with Crippen LogP contribution in [-0.2, 0) is 24.7 Å². The lowest BCUT2D eigenvalue weighted by Gasteiger charge is -2.16. The van der Waals surface area contributed by atoms with Gasteiger partial charge < -0.3 is 0 Å². The van der Waals surface area contributed by atoms with Gasteiger partial charge in [0.25, 0.3) is 11.3 Å². The molecule has 0 fully saturated rings. The fourth-order valence-electron chi connectivity index (χ4n) is 3.43. The van der Waals surface area contributed by atoms with Crippen LogP contribution in [0.4, 0.5) is 70.2 Å². The first-order chi connectivity index (χ1) is 18.2. The number of nitrogens with one attached hydrogen (secondary N) is 1. The molecule has 3 aromatic rings. The quantitative estimate of drug-likeness (QED) is 0.240. The lowest BCUT2D eigenvalue weighted by atomic mass is 9.98. The van der Waals surface area contributed by atoms with Crippen molar-refractivity contribution in [1.29, 1.82) is 0 Å². The van der Waals surface area contributed by atoms with Gasteiger partial charge >= 0.3 is 30.9 Å². The summed E-state index contributed by atoms with van der Waals surface area (Å²) in [5.41, 5.74) is -19.7. The lowest BCUT2D eigenvalue weighted by molar-refractivity contribution is -0.148. The average Bonchev–Trinajstić information content (AvgIpc) is 3.11. The Morgan fingerprint density at radius 1 is 0.634 bits per heavy atom. The van der Waals surface area contributed by atoms with Gasteiger partial charge in [0, 0.05) is 5.56 Å². The van der Waals surface area contributed by atoms with E-state index in [-0.39, 0.29) is 12.1 Å². The van der Waals surface area contributed by atoms with Crippen LogP contribution in [0.15, 0.2) is 35.1 Å². The highest BCUT2D eigenvalue weighted by Crippen LogP contribution is 2.42. The first-order valence-corrected chi connectivity index (χ1v) is 9.99. The molecule has 0 aliphatic rings. The first-order valence-electron chi connectivity index (χ1n) is 9.99. The minimum absolute atomic E-state index is 0.244. The fraction of sp³-hybridized carbons (Fsp3) is 0.238. The Hall–Kier alpha value is -4.00. The lowest BCUT2D eigenvalue weighted by Crippen LogP contribution is -2.30. The second-order valence-corrected chi connectivity index (χ2v) is 7.97. The van der Waals surface area contributed by atoms with Gasteiger partial charge in [-0.05, 0) is 30.3 Å². The van der Waals surface area contributed by atoms with Crippen LogP contribution in [0.25, 0.3) is 16.9 Å². The van der Waals surface area contributed by atoms with E-state index < -0.39 is 116 Å². The summed E-state index contributed by atoms with van der Waals surface area (Å²) in [6.07, 6.45) is -29.2. The number of aromatic amines is 1. The van der Waals surface area contributed by atoms with E-state index in [1.54, 1.807) is 0 Å². The van der Waals surface area contributed by atoms with E-state index in [2.05, 4.69) is 0 Å². The number of H-pyrrole nitrogens is 1. The molecule has 224 valence electrons. The zero-order valence-corrected chi connectivity index (χ0v) is 18.7. The van der Waals surface area contributed by atoms with Crippen LogP contribution >= 0.6 is 0 Å². The molecule has 0 atom stereocenters. The number of carbonyl (C=O) groups is 1. The van der Waals surface area contributed by atoms with Gasteiger partial charge in [-0.15, -0.1) is 0 Å². The second kappa shape index (κ2) is 9.54. The molecular weight excluding hydrogens is 616 g/mol. The number of hydrogen-bond donors (Lipinski definition) is 1. The molecule has 1 aromatic heterocycles. The van der Waals surface area contributed by atoms with Crippen LogP contribution < -0.4 is 5.56 Å². The van der Waals surface area contributed by atoms with Crippen LogP contribution in [0.2, 0.25) is 0 Å². The van der Waals surface area contributed by atoms with Crippen LogP contribution in [0, 0.1) is 5.82 Å². The zero-order valence-electron chi connectivity index (χ0n) is 18.7. The van der Waals surface area contributed by atoms with Crippen molar-refractivity contribution in [1.82, 2.24) is 9.78 Å². The van der Waals surface area contributed by atoms with E-state index in [0.717, 1.165) is 0 Å². The number of Topliss-reactive ketones (excluding diaryl/α,β-unsaturated/α-hetero) is 1. The van der Waals surface area contributed by atoms with Crippen LogP contribution in [0.5, 0.6) is 0 Å². The van der Waals surface area contributed by atoms with Crippen molar-refractivity contribution in [3.8, 4) is 16.9 Å². The van der Waals surface area contributed by atoms with E-state index in [4.69, 9.17) is 0 Å². The van der Waals surface area contributed by atoms with Crippen LogP contribution in [0.1, 0.15) is 32.6 Å².